The molecular formula is C13H14ClNO. The van der Waals surface area contributed by atoms with Crippen molar-refractivity contribution in [3.05, 3.63) is 35.9 Å². The monoisotopic (exact) mass is 235 g/mol. The fraction of sp³-hybridized carbons (Fsp3) is 0.308. The van der Waals surface area contributed by atoms with Crippen LogP contribution in [0.4, 0.5) is 4.79 Å². The molecule has 3 heteroatoms. The largest absolute Gasteiger partial charge is 0.317 e. The average Bonchev–Trinajstić information content (AvgIpc) is 2.26. The van der Waals surface area contributed by atoms with Gasteiger partial charge in [0.1, 0.15) is 0 Å². The van der Waals surface area contributed by atoms with Gasteiger partial charge in [-0.15, -0.1) is 6.42 Å². The molecule has 1 amide bonds. The van der Waals surface area contributed by atoms with Gasteiger partial charge in [0.05, 0.1) is 6.54 Å². The van der Waals surface area contributed by atoms with Crippen LogP contribution in [0.25, 0.3) is 0 Å². The predicted molar refractivity (Wildman–Crippen MR) is 66.4 cm³/mol. The van der Waals surface area contributed by atoms with Crippen LogP contribution in [0.15, 0.2) is 30.3 Å². The molecule has 1 aromatic carbocycles. The average molecular weight is 236 g/mol. The van der Waals surface area contributed by atoms with E-state index in [-0.39, 0.29) is 12.6 Å². The highest BCUT2D eigenvalue weighted by molar-refractivity contribution is 6.62. The molecule has 0 heterocycles. The Morgan fingerprint density at radius 3 is 2.62 bits per heavy atom. The first-order chi connectivity index (χ1) is 7.65. The number of amides is 1. The Kier molecular flexibility index (Phi) is 4.88. The zero-order valence-corrected chi connectivity index (χ0v) is 9.95. The summed E-state index contributed by atoms with van der Waals surface area (Å²) in [5.74, 6) is 2.44. The highest BCUT2D eigenvalue weighted by Crippen LogP contribution is 2.10. The molecule has 1 atom stereocenters. The molecule has 1 aromatic rings. The zero-order valence-electron chi connectivity index (χ0n) is 9.19. The Morgan fingerprint density at radius 1 is 1.50 bits per heavy atom. The molecule has 0 aromatic heterocycles. The molecule has 0 N–H and O–H groups in total. The molecule has 1 rings (SSSR count). The summed E-state index contributed by atoms with van der Waals surface area (Å²) >= 11 is 5.48. The molecule has 0 spiro atoms. The number of carbonyl (C=O) groups is 1. The third-order valence-electron chi connectivity index (χ3n) is 2.39. The van der Waals surface area contributed by atoms with Gasteiger partial charge in [-0.1, -0.05) is 36.3 Å². The van der Waals surface area contributed by atoms with Gasteiger partial charge in [0.25, 0.3) is 0 Å². The van der Waals surface area contributed by atoms with Crippen molar-refractivity contribution in [2.45, 2.75) is 19.4 Å². The third-order valence-corrected chi connectivity index (χ3v) is 2.61. The van der Waals surface area contributed by atoms with E-state index in [9.17, 15) is 4.79 Å². The summed E-state index contributed by atoms with van der Waals surface area (Å²) in [6.07, 6.45) is 5.95. The van der Waals surface area contributed by atoms with Crippen molar-refractivity contribution in [2.75, 3.05) is 6.54 Å². The lowest BCUT2D eigenvalue weighted by molar-refractivity contribution is 0.211. The Hall–Kier alpha value is -1.46. The van der Waals surface area contributed by atoms with Gasteiger partial charge >= 0.3 is 5.37 Å². The molecule has 0 saturated heterocycles. The maximum absolute atomic E-state index is 11.2. The highest BCUT2D eigenvalue weighted by atomic mass is 35.5. The molecule has 0 radical (unpaired) electrons. The number of halogens is 1. The summed E-state index contributed by atoms with van der Waals surface area (Å²) in [6, 6.07) is 9.93. The van der Waals surface area contributed by atoms with E-state index in [0.717, 1.165) is 12.0 Å². The van der Waals surface area contributed by atoms with E-state index >= 15 is 0 Å². The van der Waals surface area contributed by atoms with E-state index < -0.39 is 5.37 Å². The maximum Gasteiger partial charge on any atom is 0.317 e. The normalized spacial score (nSPS) is 11.6. The summed E-state index contributed by atoms with van der Waals surface area (Å²) in [6.45, 7) is 2.18. The van der Waals surface area contributed by atoms with Crippen molar-refractivity contribution in [3.63, 3.8) is 0 Å². The molecule has 16 heavy (non-hydrogen) atoms. The van der Waals surface area contributed by atoms with Gasteiger partial charge in [-0.2, -0.15) is 0 Å². The highest BCUT2D eigenvalue weighted by Gasteiger charge is 2.17. The van der Waals surface area contributed by atoms with Crippen LogP contribution in [0.5, 0.6) is 0 Å². The van der Waals surface area contributed by atoms with E-state index in [0.29, 0.717) is 0 Å². The fourth-order valence-electron chi connectivity index (χ4n) is 1.56. The van der Waals surface area contributed by atoms with E-state index in [1.165, 1.54) is 4.90 Å². The second-order valence-electron chi connectivity index (χ2n) is 3.62. The second-order valence-corrected chi connectivity index (χ2v) is 3.95. The van der Waals surface area contributed by atoms with Crippen LogP contribution in [0, 0.1) is 12.3 Å². The van der Waals surface area contributed by atoms with Crippen molar-refractivity contribution in [2.24, 2.45) is 0 Å². The van der Waals surface area contributed by atoms with E-state index in [4.69, 9.17) is 18.0 Å². The summed E-state index contributed by atoms with van der Waals surface area (Å²) in [5.41, 5.74) is 1.16. The molecule has 0 fully saturated rings. The van der Waals surface area contributed by atoms with Gasteiger partial charge in [0.15, 0.2) is 0 Å². The molecule has 0 aliphatic carbocycles. The number of rotatable bonds is 4. The number of hydrogen-bond donors (Lipinski definition) is 0. The Labute approximate surface area is 101 Å². The third kappa shape index (κ3) is 3.60. The van der Waals surface area contributed by atoms with Crippen LogP contribution in [0.1, 0.15) is 12.5 Å². The van der Waals surface area contributed by atoms with Crippen LogP contribution < -0.4 is 0 Å². The summed E-state index contributed by atoms with van der Waals surface area (Å²) in [4.78, 5) is 12.6. The summed E-state index contributed by atoms with van der Waals surface area (Å²) < 4.78 is 0. The zero-order chi connectivity index (χ0) is 12.0. The van der Waals surface area contributed by atoms with Crippen molar-refractivity contribution in [1.82, 2.24) is 4.90 Å². The van der Waals surface area contributed by atoms with Crippen LogP contribution in [0.2, 0.25) is 0 Å². The van der Waals surface area contributed by atoms with Crippen LogP contribution in [0.3, 0.4) is 0 Å². The molecule has 2 nitrogen and oxygen atoms in total. The number of hydrogen-bond acceptors (Lipinski definition) is 1. The first-order valence-corrected chi connectivity index (χ1v) is 5.46. The lowest BCUT2D eigenvalue weighted by atomic mass is 10.1. The molecule has 0 saturated carbocycles. The number of nitrogens with zero attached hydrogens (tertiary/aromatic N) is 1. The predicted octanol–water partition coefficient (Wildman–Crippen LogP) is 2.91. The summed E-state index contributed by atoms with van der Waals surface area (Å²) in [5, 5.41) is -0.499. The van der Waals surface area contributed by atoms with Crippen molar-refractivity contribution in [1.29, 1.82) is 0 Å². The lowest BCUT2D eigenvalue weighted by Gasteiger charge is -2.24. The summed E-state index contributed by atoms with van der Waals surface area (Å²) in [7, 11) is 0. The Morgan fingerprint density at radius 2 is 2.12 bits per heavy atom. The maximum atomic E-state index is 11.2. The van der Waals surface area contributed by atoms with Crippen molar-refractivity contribution >= 4 is 17.0 Å². The van der Waals surface area contributed by atoms with E-state index in [1.54, 1.807) is 0 Å². The van der Waals surface area contributed by atoms with Crippen LogP contribution in [-0.2, 0) is 6.42 Å². The minimum absolute atomic E-state index is 0.00319. The van der Waals surface area contributed by atoms with Crippen molar-refractivity contribution in [3.8, 4) is 12.3 Å². The van der Waals surface area contributed by atoms with Crippen LogP contribution >= 0.6 is 11.6 Å². The SMILES string of the molecule is C#CCN(C(=O)Cl)[C@H](C)Cc1ccccc1. The quantitative estimate of drug-likeness (QED) is 0.447. The molecule has 0 unspecified atom stereocenters. The number of benzene rings is 1. The molecule has 0 aliphatic heterocycles. The minimum Gasteiger partial charge on any atom is -0.315 e. The smallest absolute Gasteiger partial charge is 0.315 e. The van der Waals surface area contributed by atoms with Gasteiger partial charge in [-0.05, 0) is 30.5 Å². The van der Waals surface area contributed by atoms with E-state index in [2.05, 4.69) is 5.92 Å². The topological polar surface area (TPSA) is 20.3 Å². The van der Waals surface area contributed by atoms with Gasteiger partial charge in [-0.25, -0.2) is 0 Å². The van der Waals surface area contributed by atoms with E-state index in [1.807, 2.05) is 37.3 Å². The van der Waals surface area contributed by atoms with Gasteiger partial charge < -0.3 is 4.90 Å². The Balaban J connectivity index is 2.66. The molecule has 0 bridgehead atoms. The molecule has 84 valence electrons. The second kappa shape index (κ2) is 6.19. The first kappa shape index (κ1) is 12.6. The minimum atomic E-state index is -0.499. The standard InChI is InChI=1S/C13H14ClNO/c1-3-9-15(13(14)16)11(2)10-12-7-5-4-6-8-12/h1,4-8,11H,9-10H2,2H3/t11-/m1/s1. The molecule has 0 aliphatic rings. The van der Waals surface area contributed by atoms with Crippen molar-refractivity contribution < 1.29 is 4.79 Å². The number of terminal acetylenes is 1. The first-order valence-electron chi connectivity index (χ1n) is 5.08. The molecular weight excluding hydrogens is 222 g/mol. The van der Waals surface area contributed by atoms with Gasteiger partial charge in [0.2, 0.25) is 0 Å². The Bertz CT molecular complexity index is 383. The van der Waals surface area contributed by atoms with Gasteiger partial charge in [-0.3, -0.25) is 4.79 Å². The lowest BCUT2D eigenvalue weighted by Crippen LogP contribution is -2.36. The number of carbonyl (C=O) groups excluding carboxylic acids is 1. The van der Waals surface area contributed by atoms with Gasteiger partial charge in [0, 0.05) is 6.04 Å². The van der Waals surface area contributed by atoms with Crippen LogP contribution in [-0.4, -0.2) is 22.9 Å². The fourth-order valence-corrected chi connectivity index (χ4v) is 1.78.